The van der Waals surface area contributed by atoms with Crippen molar-refractivity contribution in [2.45, 2.75) is 5.92 Å². The fourth-order valence-corrected chi connectivity index (χ4v) is 4.26. The molecule has 0 fully saturated rings. The third kappa shape index (κ3) is 3.25. The lowest BCUT2D eigenvalue weighted by molar-refractivity contribution is -0.384. The molecule has 1 aliphatic carbocycles. The van der Waals surface area contributed by atoms with Gasteiger partial charge in [-0.2, -0.15) is 5.26 Å². The third-order valence-corrected chi connectivity index (χ3v) is 5.83. The Morgan fingerprint density at radius 1 is 1.09 bits per heavy atom. The molecule has 7 nitrogen and oxygen atoms in total. The minimum absolute atomic E-state index is 0.115. The summed E-state index contributed by atoms with van der Waals surface area (Å²) >= 11 is 0. The van der Waals surface area contributed by atoms with Crippen LogP contribution in [0.1, 0.15) is 33.9 Å². The number of rotatable bonds is 3. The summed E-state index contributed by atoms with van der Waals surface area (Å²) in [7, 11) is 1.56. The quantitative estimate of drug-likeness (QED) is 0.320. The standard InChI is InChI=1S/C26H16N2O5/c1-32-18-9-6-15(7-10-18)24-21-13-17(28(30)31)8-11-19(21)16(14-27)12-22-25(29)20-4-2-3-5-23(20)33-26(22)24/h2-13,24H,1H3. The second kappa shape index (κ2) is 7.77. The van der Waals surface area contributed by atoms with Crippen molar-refractivity contribution in [3.63, 3.8) is 0 Å². The van der Waals surface area contributed by atoms with Crippen molar-refractivity contribution in [1.82, 2.24) is 0 Å². The molecule has 0 radical (unpaired) electrons. The maximum atomic E-state index is 13.4. The monoisotopic (exact) mass is 436 g/mol. The van der Waals surface area contributed by atoms with Gasteiger partial charge in [-0.15, -0.1) is 0 Å². The molecule has 1 atom stereocenters. The van der Waals surface area contributed by atoms with Gasteiger partial charge >= 0.3 is 0 Å². The number of hydrogen-bond acceptors (Lipinski definition) is 6. The Kier molecular flexibility index (Phi) is 4.76. The number of allylic oxidation sites excluding steroid dienone is 1. The molecule has 0 bridgehead atoms. The fraction of sp³-hybridized carbons (Fsp3) is 0.0769. The number of fused-ring (bicyclic) bond motifs is 3. The van der Waals surface area contributed by atoms with E-state index in [0.29, 0.717) is 33.6 Å². The SMILES string of the molecule is COc1ccc(C2c3cc([N+](=O)[O-])ccc3C(C#N)=Cc3c2oc2ccccc2c3=O)cc1. The van der Waals surface area contributed by atoms with Crippen LogP contribution >= 0.6 is 0 Å². The molecule has 1 unspecified atom stereocenters. The van der Waals surface area contributed by atoms with Crippen LogP contribution in [0.4, 0.5) is 5.69 Å². The smallest absolute Gasteiger partial charge is 0.269 e. The molecule has 5 rings (SSSR count). The lowest BCUT2D eigenvalue weighted by Gasteiger charge is -2.20. The van der Waals surface area contributed by atoms with Crippen molar-refractivity contribution in [3.8, 4) is 11.8 Å². The highest BCUT2D eigenvalue weighted by Crippen LogP contribution is 2.43. The lowest BCUT2D eigenvalue weighted by Crippen LogP contribution is -2.13. The summed E-state index contributed by atoms with van der Waals surface area (Å²) in [5, 5.41) is 21.9. The van der Waals surface area contributed by atoms with Crippen LogP contribution < -0.4 is 10.2 Å². The van der Waals surface area contributed by atoms with Crippen molar-refractivity contribution in [2.24, 2.45) is 0 Å². The van der Waals surface area contributed by atoms with Crippen LogP contribution in [0.3, 0.4) is 0 Å². The van der Waals surface area contributed by atoms with Crippen LogP contribution in [0.25, 0.3) is 22.6 Å². The molecule has 160 valence electrons. The number of para-hydroxylation sites is 1. The summed E-state index contributed by atoms with van der Waals surface area (Å²) in [4.78, 5) is 24.5. The minimum atomic E-state index is -0.653. The molecular weight excluding hydrogens is 420 g/mol. The number of methoxy groups -OCH3 is 1. The molecule has 7 heteroatoms. The first-order chi connectivity index (χ1) is 16.0. The predicted molar refractivity (Wildman–Crippen MR) is 123 cm³/mol. The number of nitrogens with zero attached hydrogens (tertiary/aromatic N) is 2. The molecule has 0 saturated heterocycles. The third-order valence-electron chi connectivity index (χ3n) is 5.83. The first-order valence-corrected chi connectivity index (χ1v) is 10.1. The van der Waals surface area contributed by atoms with Gasteiger partial charge in [0.1, 0.15) is 17.1 Å². The molecule has 0 aliphatic heterocycles. The fourth-order valence-electron chi connectivity index (χ4n) is 4.26. The van der Waals surface area contributed by atoms with Crippen LogP contribution in [0.15, 0.2) is 75.9 Å². The van der Waals surface area contributed by atoms with E-state index in [1.807, 2.05) is 12.1 Å². The highest BCUT2D eigenvalue weighted by atomic mass is 16.6. The van der Waals surface area contributed by atoms with Gasteiger partial charge < -0.3 is 9.15 Å². The molecule has 33 heavy (non-hydrogen) atoms. The second-order valence-corrected chi connectivity index (χ2v) is 7.61. The zero-order valence-corrected chi connectivity index (χ0v) is 17.4. The van der Waals surface area contributed by atoms with Crippen molar-refractivity contribution in [3.05, 3.63) is 115 Å². The topological polar surface area (TPSA) is 106 Å². The maximum absolute atomic E-state index is 13.4. The summed E-state index contributed by atoms with van der Waals surface area (Å²) in [6, 6.07) is 20.6. The van der Waals surface area contributed by atoms with E-state index in [1.165, 1.54) is 18.2 Å². The summed E-state index contributed by atoms with van der Waals surface area (Å²) in [5.41, 5.74) is 2.28. The zero-order chi connectivity index (χ0) is 23.1. The average Bonchev–Trinajstić information content (AvgIpc) is 2.98. The van der Waals surface area contributed by atoms with E-state index in [1.54, 1.807) is 49.6 Å². The minimum Gasteiger partial charge on any atom is -0.497 e. The molecule has 0 N–H and O–H groups in total. The van der Waals surface area contributed by atoms with Crippen molar-refractivity contribution in [1.29, 1.82) is 5.26 Å². The summed E-state index contributed by atoms with van der Waals surface area (Å²) in [6.45, 7) is 0. The van der Waals surface area contributed by atoms with E-state index in [9.17, 15) is 20.2 Å². The first kappa shape index (κ1) is 20.2. The van der Waals surface area contributed by atoms with Gasteiger partial charge in [-0.3, -0.25) is 14.9 Å². The van der Waals surface area contributed by atoms with Crippen LogP contribution in [-0.4, -0.2) is 12.0 Å². The average molecular weight is 436 g/mol. The molecule has 1 aromatic heterocycles. The Morgan fingerprint density at radius 2 is 1.85 bits per heavy atom. The van der Waals surface area contributed by atoms with Gasteiger partial charge in [-0.05, 0) is 53.1 Å². The van der Waals surface area contributed by atoms with Gasteiger partial charge in [0.05, 0.1) is 40.5 Å². The van der Waals surface area contributed by atoms with E-state index >= 15 is 0 Å². The van der Waals surface area contributed by atoms with Gasteiger partial charge in [0.25, 0.3) is 5.69 Å². The van der Waals surface area contributed by atoms with Gasteiger partial charge in [0.2, 0.25) is 0 Å². The van der Waals surface area contributed by atoms with E-state index in [4.69, 9.17) is 9.15 Å². The van der Waals surface area contributed by atoms with Gasteiger partial charge in [-0.1, -0.05) is 24.3 Å². The number of non-ortho nitro benzene ring substituents is 1. The zero-order valence-electron chi connectivity index (χ0n) is 17.4. The Balaban J connectivity index is 1.92. The van der Waals surface area contributed by atoms with Crippen LogP contribution in [0, 0.1) is 21.4 Å². The Hall–Kier alpha value is -4.70. The number of ether oxygens (including phenoxy) is 1. The van der Waals surface area contributed by atoms with Gasteiger partial charge in [0.15, 0.2) is 5.43 Å². The molecule has 0 spiro atoms. The maximum Gasteiger partial charge on any atom is 0.269 e. The first-order valence-electron chi connectivity index (χ1n) is 10.1. The molecule has 1 aliphatic rings. The highest BCUT2D eigenvalue weighted by Gasteiger charge is 2.32. The normalized spacial score (nSPS) is 14.4. The second-order valence-electron chi connectivity index (χ2n) is 7.61. The molecule has 0 amide bonds. The number of nitro benzene ring substituents is 1. The van der Waals surface area contributed by atoms with Crippen LogP contribution in [-0.2, 0) is 0 Å². The largest absolute Gasteiger partial charge is 0.497 e. The number of nitro groups is 1. The number of nitriles is 1. The Labute approximate surface area is 187 Å². The summed E-state index contributed by atoms with van der Waals surface area (Å²) < 4.78 is 11.5. The van der Waals surface area contributed by atoms with E-state index in [0.717, 1.165) is 5.56 Å². The number of benzene rings is 3. The summed E-state index contributed by atoms with van der Waals surface area (Å²) in [5.74, 6) is 0.318. The molecule has 1 heterocycles. The van der Waals surface area contributed by atoms with Crippen LogP contribution in [0.5, 0.6) is 5.75 Å². The van der Waals surface area contributed by atoms with E-state index in [2.05, 4.69) is 6.07 Å². The molecular formula is C26H16N2O5. The summed E-state index contributed by atoms with van der Waals surface area (Å²) in [6.07, 6.45) is 1.52. The molecule has 3 aromatic carbocycles. The van der Waals surface area contributed by atoms with Gasteiger partial charge in [0, 0.05) is 12.1 Å². The van der Waals surface area contributed by atoms with Crippen molar-refractivity contribution < 1.29 is 14.1 Å². The van der Waals surface area contributed by atoms with Crippen molar-refractivity contribution in [2.75, 3.05) is 7.11 Å². The molecule has 4 aromatic rings. The lowest BCUT2D eigenvalue weighted by atomic mass is 9.84. The van der Waals surface area contributed by atoms with Gasteiger partial charge in [-0.25, -0.2) is 0 Å². The Morgan fingerprint density at radius 3 is 2.55 bits per heavy atom. The number of hydrogen-bond donors (Lipinski definition) is 0. The van der Waals surface area contributed by atoms with Crippen molar-refractivity contribution >= 4 is 28.3 Å². The predicted octanol–water partition coefficient (Wildman–Crippen LogP) is 5.27. The highest BCUT2D eigenvalue weighted by molar-refractivity contribution is 5.95. The van der Waals surface area contributed by atoms with E-state index < -0.39 is 10.8 Å². The Bertz CT molecular complexity index is 1560. The van der Waals surface area contributed by atoms with Crippen LogP contribution in [0.2, 0.25) is 0 Å². The van der Waals surface area contributed by atoms with E-state index in [-0.39, 0.29) is 22.3 Å². The molecule has 0 saturated carbocycles.